The lowest BCUT2D eigenvalue weighted by Crippen LogP contribution is -2.22. The van der Waals surface area contributed by atoms with Crippen molar-refractivity contribution in [3.63, 3.8) is 0 Å². The first-order valence-electron chi connectivity index (χ1n) is 12.7. The summed E-state index contributed by atoms with van der Waals surface area (Å²) in [7, 11) is 1.28. The predicted octanol–water partition coefficient (Wildman–Crippen LogP) is 6.72. The van der Waals surface area contributed by atoms with Crippen LogP contribution in [0.1, 0.15) is 78.9 Å². The number of benzene rings is 1. The van der Waals surface area contributed by atoms with E-state index in [1.54, 1.807) is 24.3 Å². The molecule has 0 fully saturated rings. The van der Waals surface area contributed by atoms with Gasteiger partial charge in [0.1, 0.15) is 17.1 Å². The van der Waals surface area contributed by atoms with Crippen LogP contribution < -0.4 is 10.9 Å². The van der Waals surface area contributed by atoms with Gasteiger partial charge in [0.25, 0.3) is 0 Å². The molecule has 0 spiro atoms. The van der Waals surface area contributed by atoms with Crippen molar-refractivity contribution in [1.82, 2.24) is 5.32 Å². The molecule has 2 aromatic heterocycles. The van der Waals surface area contributed by atoms with Crippen molar-refractivity contribution in [2.75, 3.05) is 7.11 Å². The molecule has 198 valence electrons. The molecule has 1 aromatic carbocycles. The zero-order valence-corrected chi connectivity index (χ0v) is 22.7. The molecule has 3 aromatic rings. The maximum absolute atomic E-state index is 13.1. The van der Waals surface area contributed by atoms with Gasteiger partial charge in [0.05, 0.1) is 7.11 Å². The van der Waals surface area contributed by atoms with E-state index < -0.39 is 23.4 Å². The van der Waals surface area contributed by atoms with Crippen molar-refractivity contribution in [3.8, 4) is 5.75 Å². The molecule has 0 aliphatic heterocycles. The Morgan fingerprint density at radius 1 is 1.22 bits per heavy atom. The molecule has 7 nitrogen and oxygen atoms in total. The third-order valence-electron chi connectivity index (χ3n) is 6.36. The maximum Gasteiger partial charge on any atom is 0.410 e. The van der Waals surface area contributed by atoms with Gasteiger partial charge in [-0.15, -0.1) is 11.3 Å². The minimum atomic E-state index is -0.821. The van der Waals surface area contributed by atoms with Gasteiger partial charge in [-0.25, -0.2) is 9.59 Å². The first kappa shape index (κ1) is 28.2. The minimum absolute atomic E-state index is 0.177. The van der Waals surface area contributed by atoms with E-state index in [1.807, 2.05) is 6.92 Å². The number of amides is 1. The van der Waals surface area contributed by atoms with E-state index in [2.05, 4.69) is 41.2 Å². The van der Waals surface area contributed by atoms with Crippen LogP contribution in [0.5, 0.6) is 5.75 Å². The van der Waals surface area contributed by atoms with Crippen LogP contribution >= 0.6 is 11.3 Å². The largest absolute Gasteiger partial charge is 0.507 e. The number of aryl methyl sites for hydroxylation is 1. The molecule has 37 heavy (non-hydrogen) atoms. The number of carbonyl (C=O) groups is 2. The smallest absolute Gasteiger partial charge is 0.410 e. The van der Waals surface area contributed by atoms with Gasteiger partial charge in [-0.2, -0.15) is 0 Å². The third kappa shape index (κ3) is 7.55. The van der Waals surface area contributed by atoms with Crippen LogP contribution in [0.3, 0.4) is 0 Å². The normalized spacial score (nSPS) is 13.1. The molecule has 2 heterocycles. The van der Waals surface area contributed by atoms with Gasteiger partial charge in [-0.3, -0.25) is 10.1 Å². The number of allylic oxidation sites excluding steroid dienone is 1. The standard InChI is InChI=1S/C29H35NO6S/c1-5-6-10-20-11-12-25-21(15-20)16-22(37-25)14-19(3)27(32)26-23(31)17-24(36-28(26)33)18(2)9-7-8-13-30-29(34)35-4/h8,11-13,15-19,31H,5-7,9-10,14H2,1-4H3,(H,30,34)/b13-8+/t18?,19-/m0/s1. The Morgan fingerprint density at radius 2 is 2.00 bits per heavy atom. The number of rotatable bonds is 12. The van der Waals surface area contributed by atoms with E-state index in [0.717, 1.165) is 24.1 Å². The number of alkyl carbamates (subject to hydrolysis) is 1. The van der Waals surface area contributed by atoms with E-state index in [-0.39, 0.29) is 17.2 Å². The Bertz CT molecular complexity index is 1320. The Balaban J connectivity index is 1.66. The molecular weight excluding hydrogens is 490 g/mol. The van der Waals surface area contributed by atoms with Crippen molar-refractivity contribution in [2.24, 2.45) is 5.92 Å². The van der Waals surface area contributed by atoms with Gasteiger partial charge < -0.3 is 14.3 Å². The highest BCUT2D eigenvalue weighted by Gasteiger charge is 2.25. The second-order valence-electron chi connectivity index (χ2n) is 9.37. The second kappa shape index (κ2) is 13.2. The number of thiophene rings is 1. The number of unbranched alkanes of at least 4 members (excludes halogenated alkanes) is 1. The summed E-state index contributed by atoms with van der Waals surface area (Å²) in [6, 6.07) is 9.98. The van der Waals surface area contributed by atoms with E-state index in [4.69, 9.17) is 4.42 Å². The number of ether oxygens (including phenoxy) is 1. The fourth-order valence-corrected chi connectivity index (χ4v) is 5.33. The SMILES string of the molecule is CCCCc1ccc2sc(C[C@H](C)C(=O)c3c(O)cc(C(C)CC/C=C/NC(=O)OC)oc3=O)cc2c1. The lowest BCUT2D eigenvalue weighted by molar-refractivity contribution is 0.0922. The number of methoxy groups -OCH3 is 1. The number of nitrogens with one attached hydrogen (secondary N) is 1. The Labute approximate surface area is 221 Å². The van der Waals surface area contributed by atoms with Gasteiger partial charge >= 0.3 is 11.7 Å². The molecular formula is C29H35NO6S. The van der Waals surface area contributed by atoms with E-state index in [9.17, 15) is 19.5 Å². The quantitative estimate of drug-likeness (QED) is 0.254. The molecule has 1 amide bonds. The number of Topliss-reactive ketones (excluding diaryl/α,β-unsaturated/α-hetero) is 1. The van der Waals surface area contributed by atoms with Crippen LogP contribution in [-0.4, -0.2) is 24.1 Å². The van der Waals surface area contributed by atoms with Crippen molar-refractivity contribution in [1.29, 1.82) is 0 Å². The summed E-state index contributed by atoms with van der Waals surface area (Å²) in [6.45, 7) is 5.81. The summed E-state index contributed by atoms with van der Waals surface area (Å²) in [5, 5.41) is 14.2. The molecule has 2 atom stereocenters. The molecule has 0 saturated heterocycles. The number of hydrogen-bond donors (Lipinski definition) is 2. The second-order valence-corrected chi connectivity index (χ2v) is 10.5. The first-order valence-corrected chi connectivity index (χ1v) is 13.5. The summed E-state index contributed by atoms with van der Waals surface area (Å²) in [5.41, 5.74) is 0.195. The highest BCUT2D eigenvalue weighted by Crippen LogP contribution is 2.31. The monoisotopic (exact) mass is 525 g/mol. The molecule has 2 N–H and O–H groups in total. The molecule has 0 bridgehead atoms. The number of ketones is 1. The lowest BCUT2D eigenvalue weighted by atomic mass is 9.95. The predicted molar refractivity (Wildman–Crippen MR) is 147 cm³/mol. The summed E-state index contributed by atoms with van der Waals surface area (Å²) < 4.78 is 11.1. The fraction of sp³-hybridized carbons (Fsp3) is 0.414. The van der Waals surface area contributed by atoms with Crippen LogP contribution in [0.2, 0.25) is 0 Å². The molecule has 1 unspecified atom stereocenters. The zero-order valence-electron chi connectivity index (χ0n) is 21.8. The van der Waals surface area contributed by atoms with Gasteiger partial charge in [0, 0.05) is 33.7 Å². The van der Waals surface area contributed by atoms with Crippen LogP contribution in [0.4, 0.5) is 4.79 Å². The van der Waals surface area contributed by atoms with E-state index >= 15 is 0 Å². The van der Waals surface area contributed by atoms with Crippen LogP contribution in [-0.2, 0) is 17.6 Å². The molecule has 0 aliphatic carbocycles. The summed E-state index contributed by atoms with van der Waals surface area (Å²) >= 11 is 1.65. The average Bonchev–Trinajstić information content (AvgIpc) is 3.27. The first-order chi connectivity index (χ1) is 17.7. The van der Waals surface area contributed by atoms with E-state index in [1.165, 1.54) is 35.0 Å². The van der Waals surface area contributed by atoms with Gasteiger partial charge in [-0.1, -0.05) is 45.4 Å². The van der Waals surface area contributed by atoms with Crippen LogP contribution in [0.25, 0.3) is 10.1 Å². The zero-order chi connectivity index (χ0) is 26.9. The number of hydrogen-bond acceptors (Lipinski definition) is 7. The van der Waals surface area contributed by atoms with Gasteiger partial charge in [0.15, 0.2) is 5.78 Å². The van der Waals surface area contributed by atoms with Crippen molar-refractivity contribution in [2.45, 2.75) is 65.2 Å². The Kier molecular flexibility index (Phi) is 10.1. The minimum Gasteiger partial charge on any atom is -0.507 e. The molecule has 8 heteroatoms. The van der Waals surface area contributed by atoms with Gasteiger partial charge in [-0.05, 0) is 55.2 Å². The summed E-state index contributed by atoms with van der Waals surface area (Å²) in [4.78, 5) is 37.9. The van der Waals surface area contributed by atoms with Crippen molar-refractivity contribution < 1.29 is 23.8 Å². The van der Waals surface area contributed by atoms with Crippen LogP contribution in [0.15, 0.2) is 51.8 Å². The highest BCUT2D eigenvalue weighted by atomic mass is 32.1. The topological polar surface area (TPSA) is 106 Å². The fourth-order valence-electron chi connectivity index (χ4n) is 4.15. The summed E-state index contributed by atoms with van der Waals surface area (Å²) in [6.07, 6.45) is 7.73. The maximum atomic E-state index is 13.1. The van der Waals surface area contributed by atoms with Crippen molar-refractivity contribution >= 4 is 33.3 Å². The van der Waals surface area contributed by atoms with Crippen LogP contribution in [0, 0.1) is 5.92 Å². The van der Waals surface area contributed by atoms with Crippen molar-refractivity contribution in [3.05, 3.63) is 74.8 Å². The third-order valence-corrected chi connectivity index (χ3v) is 7.50. The Hall–Kier alpha value is -3.39. The molecule has 0 saturated carbocycles. The average molecular weight is 526 g/mol. The number of aromatic hydroxyl groups is 1. The number of fused-ring (bicyclic) bond motifs is 1. The molecule has 0 radical (unpaired) electrons. The molecule has 3 rings (SSSR count). The van der Waals surface area contributed by atoms with Gasteiger partial charge in [0.2, 0.25) is 0 Å². The summed E-state index contributed by atoms with van der Waals surface area (Å²) in [5.74, 6) is -1.14. The lowest BCUT2D eigenvalue weighted by Gasteiger charge is -2.13. The molecule has 0 aliphatic rings. The van der Waals surface area contributed by atoms with E-state index in [0.29, 0.717) is 25.0 Å². The Morgan fingerprint density at radius 3 is 2.70 bits per heavy atom. The highest BCUT2D eigenvalue weighted by molar-refractivity contribution is 7.19. The number of carbonyl (C=O) groups excluding carboxylic acids is 2.